The molecule has 0 aromatic carbocycles. The molecule has 1 unspecified atom stereocenters. The number of thioether (sulfide) groups is 1. The molecule has 21 heavy (non-hydrogen) atoms. The van der Waals surface area contributed by atoms with Gasteiger partial charge in [-0.1, -0.05) is 0 Å². The second-order valence-corrected chi connectivity index (χ2v) is 6.50. The third-order valence-corrected chi connectivity index (χ3v) is 5.05. The Hall–Kier alpha value is -1.18. The molecule has 7 heteroatoms. The van der Waals surface area contributed by atoms with Crippen LogP contribution in [0.5, 0.6) is 0 Å². The number of rotatable bonds is 2. The number of carbonyl (C=O) groups excluding carboxylic acids is 1. The van der Waals surface area contributed by atoms with E-state index in [1.54, 1.807) is 0 Å². The van der Waals surface area contributed by atoms with Gasteiger partial charge in [-0.3, -0.25) is 4.90 Å². The van der Waals surface area contributed by atoms with Gasteiger partial charge in [-0.05, 0) is 20.0 Å². The second kappa shape index (κ2) is 6.29. The van der Waals surface area contributed by atoms with Crippen molar-refractivity contribution in [2.24, 2.45) is 0 Å². The van der Waals surface area contributed by atoms with E-state index >= 15 is 0 Å². The Labute approximate surface area is 128 Å². The van der Waals surface area contributed by atoms with Crippen molar-refractivity contribution < 1.29 is 9.53 Å². The molecule has 0 amide bonds. The molecule has 0 bridgehead atoms. The molecule has 1 fully saturated rings. The number of methoxy groups -OCH3 is 1. The van der Waals surface area contributed by atoms with Crippen molar-refractivity contribution in [2.75, 3.05) is 38.8 Å². The van der Waals surface area contributed by atoms with Crippen LogP contribution in [0.2, 0.25) is 0 Å². The number of carbonyl (C=O) groups is 1. The summed E-state index contributed by atoms with van der Waals surface area (Å²) in [4.78, 5) is 23.6. The molecular weight excluding hydrogens is 288 g/mol. The highest BCUT2D eigenvalue weighted by Crippen LogP contribution is 2.28. The van der Waals surface area contributed by atoms with E-state index < -0.39 is 0 Å². The predicted molar refractivity (Wildman–Crippen MR) is 81.5 cm³/mol. The maximum absolute atomic E-state index is 12.1. The van der Waals surface area contributed by atoms with E-state index in [1.807, 2.05) is 11.8 Å². The number of aromatic nitrogens is 2. The van der Waals surface area contributed by atoms with Gasteiger partial charge in [-0.2, -0.15) is 11.8 Å². The summed E-state index contributed by atoms with van der Waals surface area (Å²) >= 11 is 1.91. The monoisotopic (exact) mass is 308 g/mol. The molecule has 0 spiro atoms. The lowest BCUT2D eigenvalue weighted by Crippen LogP contribution is -2.36. The van der Waals surface area contributed by atoms with E-state index in [4.69, 9.17) is 9.72 Å². The Morgan fingerprint density at radius 3 is 3.10 bits per heavy atom. The summed E-state index contributed by atoms with van der Waals surface area (Å²) in [5.74, 6) is 2.47. The van der Waals surface area contributed by atoms with Crippen LogP contribution < -0.4 is 5.32 Å². The maximum atomic E-state index is 12.1. The van der Waals surface area contributed by atoms with Crippen LogP contribution in [0.15, 0.2) is 0 Å². The van der Waals surface area contributed by atoms with Crippen LogP contribution in [0.1, 0.15) is 33.6 Å². The van der Waals surface area contributed by atoms with Gasteiger partial charge >= 0.3 is 5.97 Å². The molecule has 2 aliphatic heterocycles. The van der Waals surface area contributed by atoms with E-state index in [0.29, 0.717) is 12.2 Å². The van der Waals surface area contributed by atoms with Crippen molar-refractivity contribution in [3.05, 3.63) is 22.8 Å². The minimum absolute atomic E-state index is 0.166. The number of hydrogen-bond donors (Lipinski definition) is 1. The SMILES string of the molecule is COC(=O)c1nc(C2CSCCN2C)nc2c1CCNC2. The molecule has 114 valence electrons. The van der Waals surface area contributed by atoms with Crippen LogP contribution >= 0.6 is 11.8 Å². The summed E-state index contributed by atoms with van der Waals surface area (Å²) in [6.07, 6.45) is 0.773. The van der Waals surface area contributed by atoms with E-state index in [2.05, 4.69) is 22.2 Å². The van der Waals surface area contributed by atoms with Gasteiger partial charge in [0.05, 0.1) is 18.8 Å². The number of nitrogens with one attached hydrogen (secondary N) is 1. The van der Waals surface area contributed by atoms with Gasteiger partial charge in [0.2, 0.25) is 0 Å². The highest BCUT2D eigenvalue weighted by molar-refractivity contribution is 7.99. The van der Waals surface area contributed by atoms with Crippen molar-refractivity contribution >= 4 is 17.7 Å². The predicted octanol–water partition coefficient (Wildman–Crippen LogP) is 0.629. The summed E-state index contributed by atoms with van der Waals surface area (Å²) < 4.78 is 4.90. The first-order valence-electron chi connectivity index (χ1n) is 7.17. The summed E-state index contributed by atoms with van der Waals surface area (Å²) in [5, 5.41) is 3.31. The Bertz CT molecular complexity index is 552. The van der Waals surface area contributed by atoms with Crippen molar-refractivity contribution in [1.29, 1.82) is 0 Å². The number of esters is 1. The molecule has 0 radical (unpaired) electrons. The zero-order chi connectivity index (χ0) is 14.8. The minimum Gasteiger partial charge on any atom is -0.464 e. The van der Waals surface area contributed by atoms with Gasteiger partial charge in [-0.15, -0.1) is 0 Å². The number of hydrogen-bond acceptors (Lipinski definition) is 7. The molecule has 3 rings (SSSR count). The van der Waals surface area contributed by atoms with E-state index in [-0.39, 0.29) is 12.0 Å². The van der Waals surface area contributed by atoms with Crippen LogP contribution in [0.3, 0.4) is 0 Å². The first kappa shape index (κ1) is 14.7. The third kappa shape index (κ3) is 2.90. The molecule has 2 aliphatic rings. The van der Waals surface area contributed by atoms with Crippen molar-refractivity contribution in [3.8, 4) is 0 Å². The molecule has 1 saturated heterocycles. The van der Waals surface area contributed by atoms with Crippen molar-refractivity contribution in [2.45, 2.75) is 19.0 Å². The summed E-state index contributed by atoms with van der Waals surface area (Å²) in [6.45, 7) is 2.55. The lowest BCUT2D eigenvalue weighted by Gasteiger charge is -2.31. The van der Waals surface area contributed by atoms with Gasteiger partial charge in [0, 0.05) is 30.2 Å². The standard InChI is InChI=1S/C14H20N4O2S/c1-18-5-6-21-8-11(18)13-16-10-7-15-4-3-9(10)12(17-13)14(19)20-2/h11,15H,3-8H2,1-2H3. The second-order valence-electron chi connectivity index (χ2n) is 5.35. The van der Waals surface area contributed by atoms with Crippen molar-refractivity contribution in [1.82, 2.24) is 20.2 Å². The lowest BCUT2D eigenvalue weighted by atomic mass is 10.0. The fourth-order valence-corrected chi connectivity index (χ4v) is 3.96. The third-order valence-electron chi connectivity index (χ3n) is 4.03. The molecule has 1 N–H and O–H groups in total. The van der Waals surface area contributed by atoms with Gasteiger partial charge in [0.25, 0.3) is 0 Å². The fourth-order valence-electron chi connectivity index (χ4n) is 2.75. The Kier molecular flexibility index (Phi) is 4.42. The Morgan fingerprint density at radius 1 is 1.48 bits per heavy atom. The molecule has 1 atom stereocenters. The van der Waals surface area contributed by atoms with Crippen LogP contribution in [0.4, 0.5) is 0 Å². The average molecular weight is 308 g/mol. The molecule has 0 aliphatic carbocycles. The zero-order valence-electron chi connectivity index (χ0n) is 12.4. The van der Waals surface area contributed by atoms with E-state index in [1.165, 1.54) is 7.11 Å². The maximum Gasteiger partial charge on any atom is 0.357 e. The van der Waals surface area contributed by atoms with Crippen LogP contribution in [-0.4, -0.2) is 59.6 Å². The summed E-state index contributed by atoms with van der Waals surface area (Å²) in [5.41, 5.74) is 2.33. The molecule has 1 aromatic rings. The molecule has 3 heterocycles. The Balaban J connectivity index is 2.03. The topological polar surface area (TPSA) is 67.3 Å². The normalized spacial score (nSPS) is 22.7. The van der Waals surface area contributed by atoms with Crippen LogP contribution in [0, 0.1) is 0 Å². The summed E-state index contributed by atoms with van der Waals surface area (Å²) in [7, 11) is 3.49. The van der Waals surface area contributed by atoms with Crippen molar-refractivity contribution in [3.63, 3.8) is 0 Å². The minimum atomic E-state index is -0.358. The zero-order valence-corrected chi connectivity index (χ0v) is 13.2. The Morgan fingerprint density at radius 2 is 2.33 bits per heavy atom. The van der Waals surface area contributed by atoms with Crippen LogP contribution in [0.25, 0.3) is 0 Å². The van der Waals surface area contributed by atoms with Gasteiger partial charge < -0.3 is 10.1 Å². The highest BCUT2D eigenvalue weighted by Gasteiger charge is 2.28. The quantitative estimate of drug-likeness (QED) is 0.804. The van der Waals surface area contributed by atoms with Gasteiger partial charge in [-0.25, -0.2) is 14.8 Å². The van der Waals surface area contributed by atoms with Crippen LogP contribution in [-0.2, 0) is 17.7 Å². The first-order valence-corrected chi connectivity index (χ1v) is 8.33. The number of ether oxygens (including phenoxy) is 1. The van der Waals surface area contributed by atoms with Gasteiger partial charge in [0.1, 0.15) is 5.82 Å². The van der Waals surface area contributed by atoms with E-state index in [9.17, 15) is 4.79 Å². The lowest BCUT2D eigenvalue weighted by molar-refractivity contribution is 0.0591. The molecular formula is C14H20N4O2S. The summed E-state index contributed by atoms with van der Waals surface area (Å²) in [6, 6.07) is 0.166. The first-order chi connectivity index (χ1) is 10.2. The fraction of sp³-hybridized carbons (Fsp3) is 0.643. The number of nitrogens with zero attached hydrogens (tertiary/aromatic N) is 3. The molecule has 6 nitrogen and oxygen atoms in total. The molecule has 0 saturated carbocycles. The smallest absolute Gasteiger partial charge is 0.357 e. The molecule has 1 aromatic heterocycles. The largest absolute Gasteiger partial charge is 0.464 e. The van der Waals surface area contributed by atoms with E-state index in [0.717, 1.165) is 48.1 Å². The number of fused-ring (bicyclic) bond motifs is 1. The highest BCUT2D eigenvalue weighted by atomic mass is 32.2. The van der Waals surface area contributed by atoms with Gasteiger partial charge in [0.15, 0.2) is 5.69 Å². The average Bonchev–Trinajstić information content (AvgIpc) is 2.53.